The van der Waals surface area contributed by atoms with Crippen LogP contribution in [0.25, 0.3) is 10.8 Å². The summed E-state index contributed by atoms with van der Waals surface area (Å²) >= 11 is 0. The van der Waals surface area contributed by atoms with Crippen molar-refractivity contribution in [2.75, 3.05) is 39.3 Å². The molecule has 4 aromatic carbocycles. The largest absolute Gasteiger partial charge is 0.301 e. The van der Waals surface area contributed by atoms with Crippen molar-refractivity contribution >= 4 is 22.6 Å². The second kappa shape index (κ2) is 10.9. The number of amides is 2. The summed E-state index contributed by atoms with van der Waals surface area (Å²) in [7, 11) is 0. The molecule has 1 saturated heterocycles. The molecule has 0 spiro atoms. The van der Waals surface area contributed by atoms with Crippen LogP contribution in [-0.2, 0) is 0 Å². The molecule has 0 saturated carbocycles. The lowest BCUT2D eigenvalue weighted by Gasteiger charge is -2.40. The minimum Gasteiger partial charge on any atom is -0.301 e. The topological polar surface area (TPSA) is 43.9 Å². The summed E-state index contributed by atoms with van der Waals surface area (Å²) in [6.45, 7) is 5.51. The van der Waals surface area contributed by atoms with Gasteiger partial charge in [-0.15, -0.1) is 0 Å². The van der Waals surface area contributed by atoms with E-state index < -0.39 is 0 Å². The number of carbonyl (C=O) groups is 2. The number of hydrogen-bond donors (Lipinski definition) is 0. The molecule has 2 amide bonds. The van der Waals surface area contributed by atoms with Crippen molar-refractivity contribution in [3.05, 3.63) is 119 Å². The Morgan fingerprint density at radius 3 is 1.66 bits per heavy atom. The Morgan fingerprint density at radius 2 is 1.11 bits per heavy atom. The van der Waals surface area contributed by atoms with Gasteiger partial charge in [-0.05, 0) is 48.0 Å². The normalized spacial score (nSPS) is 16.5. The molecule has 1 fully saturated rings. The summed E-state index contributed by atoms with van der Waals surface area (Å²) in [5.74, 6) is -0.332. The molecule has 2 aliphatic rings. The number of hydrogen-bond acceptors (Lipinski definition) is 4. The van der Waals surface area contributed by atoms with Crippen molar-refractivity contribution in [2.24, 2.45) is 0 Å². The third-order valence-corrected chi connectivity index (χ3v) is 7.96. The molecule has 0 aromatic heterocycles. The van der Waals surface area contributed by atoms with Crippen LogP contribution in [0.3, 0.4) is 0 Å². The van der Waals surface area contributed by atoms with Gasteiger partial charge in [-0.3, -0.25) is 19.4 Å². The fraction of sp³-hybridized carbons (Fsp3) is 0.273. The van der Waals surface area contributed by atoms with E-state index in [9.17, 15) is 9.59 Å². The van der Waals surface area contributed by atoms with Gasteiger partial charge in [0.05, 0.1) is 6.04 Å². The van der Waals surface area contributed by atoms with Crippen LogP contribution >= 0.6 is 0 Å². The molecule has 4 aromatic rings. The van der Waals surface area contributed by atoms with Gasteiger partial charge in [0.25, 0.3) is 11.8 Å². The van der Waals surface area contributed by atoms with Crippen LogP contribution in [0.2, 0.25) is 0 Å². The number of imide groups is 1. The first-order valence-corrected chi connectivity index (χ1v) is 13.6. The average Bonchev–Trinajstić information content (AvgIpc) is 2.97. The molecule has 0 bridgehead atoms. The Morgan fingerprint density at radius 1 is 0.579 bits per heavy atom. The Labute approximate surface area is 224 Å². The fourth-order valence-electron chi connectivity index (χ4n) is 6.02. The van der Waals surface area contributed by atoms with E-state index in [4.69, 9.17) is 0 Å². The van der Waals surface area contributed by atoms with Gasteiger partial charge in [-0.2, -0.15) is 0 Å². The SMILES string of the molecule is O=C1c2cccc3cccc(c23)C(=O)N1CCCCN1CCN(C(c2ccccc2)c2ccccc2)CC1. The number of nitrogens with zero attached hydrogens (tertiary/aromatic N) is 3. The van der Waals surface area contributed by atoms with Crippen molar-refractivity contribution < 1.29 is 9.59 Å². The van der Waals surface area contributed by atoms with Crippen molar-refractivity contribution in [1.82, 2.24) is 14.7 Å². The monoisotopic (exact) mass is 503 g/mol. The maximum atomic E-state index is 13.1. The molecule has 0 unspecified atom stereocenters. The Hall–Kier alpha value is -3.80. The number of unbranched alkanes of at least 4 members (excludes halogenated alkanes) is 1. The highest BCUT2D eigenvalue weighted by Gasteiger charge is 2.32. The number of carbonyl (C=O) groups excluding carboxylic acids is 2. The van der Waals surface area contributed by atoms with Crippen LogP contribution in [0.4, 0.5) is 0 Å². The fourth-order valence-corrected chi connectivity index (χ4v) is 6.02. The maximum absolute atomic E-state index is 13.1. The first kappa shape index (κ1) is 24.5. The number of piperazine rings is 1. The minimum absolute atomic E-state index is 0.166. The summed E-state index contributed by atoms with van der Waals surface area (Å²) in [4.78, 5) is 32.8. The lowest BCUT2D eigenvalue weighted by molar-refractivity contribution is 0.0604. The van der Waals surface area contributed by atoms with E-state index in [1.54, 1.807) is 0 Å². The molecule has 0 N–H and O–H groups in total. The predicted octanol–water partition coefficient (Wildman–Crippen LogP) is 5.62. The van der Waals surface area contributed by atoms with Crippen LogP contribution in [0.15, 0.2) is 97.1 Å². The third-order valence-electron chi connectivity index (χ3n) is 7.96. The smallest absolute Gasteiger partial charge is 0.261 e. The summed E-state index contributed by atoms with van der Waals surface area (Å²) < 4.78 is 0. The molecule has 6 rings (SSSR count). The molecule has 38 heavy (non-hydrogen) atoms. The predicted molar refractivity (Wildman–Crippen MR) is 151 cm³/mol. The zero-order chi connectivity index (χ0) is 25.9. The molecule has 2 aliphatic heterocycles. The lowest BCUT2D eigenvalue weighted by atomic mass is 9.94. The summed E-state index contributed by atoms with van der Waals surface area (Å²) in [6.07, 6.45) is 1.77. The first-order valence-electron chi connectivity index (χ1n) is 13.6. The average molecular weight is 504 g/mol. The van der Waals surface area contributed by atoms with Crippen molar-refractivity contribution in [2.45, 2.75) is 18.9 Å². The van der Waals surface area contributed by atoms with Crippen molar-refractivity contribution in [3.63, 3.8) is 0 Å². The summed E-state index contributed by atoms with van der Waals surface area (Å²) in [5.41, 5.74) is 3.95. The molecular weight excluding hydrogens is 470 g/mol. The molecular formula is C33H33N3O2. The maximum Gasteiger partial charge on any atom is 0.261 e. The second-order valence-electron chi connectivity index (χ2n) is 10.3. The summed E-state index contributed by atoms with van der Waals surface area (Å²) in [5, 5.41) is 1.74. The van der Waals surface area contributed by atoms with E-state index in [0.717, 1.165) is 56.3 Å². The van der Waals surface area contributed by atoms with E-state index in [2.05, 4.69) is 70.5 Å². The van der Waals surface area contributed by atoms with E-state index in [-0.39, 0.29) is 17.9 Å². The van der Waals surface area contributed by atoms with E-state index >= 15 is 0 Å². The Kier molecular flexibility index (Phi) is 7.04. The van der Waals surface area contributed by atoms with Gasteiger partial charge in [-0.25, -0.2) is 0 Å². The van der Waals surface area contributed by atoms with E-state index in [1.807, 2.05) is 36.4 Å². The van der Waals surface area contributed by atoms with Gasteiger partial charge in [0.1, 0.15) is 0 Å². The molecule has 192 valence electrons. The number of benzene rings is 4. The van der Waals surface area contributed by atoms with Gasteiger partial charge in [0, 0.05) is 49.2 Å². The zero-order valence-electron chi connectivity index (χ0n) is 21.6. The minimum atomic E-state index is -0.166. The van der Waals surface area contributed by atoms with Gasteiger partial charge in [0.15, 0.2) is 0 Å². The van der Waals surface area contributed by atoms with Crippen molar-refractivity contribution in [3.8, 4) is 0 Å². The van der Waals surface area contributed by atoms with Crippen LogP contribution in [0, 0.1) is 0 Å². The first-order chi connectivity index (χ1) is 18.7. The van der Waals surface area contributed by atoms with E-state index in [0.29, 0.717) is 17.7 Å². The molecule has 5 heteroatoms. The quantitative estimate of drug-likeness (QED) is 0.231. The van der Waals surface area contributed by atoms with Gasteiger partial charge >= 0.3 is 0 Å². The second-order valence-corrected chi connectivity index (χ2v) is 10.3. The van der Waals surface area contributed by atoms with Crippen LogP contribution in [0.5, 0.6) is 0 Å². The van der Waals surface area contributed by atoms with Gasteiger partial charge in [-0.1, -0.05) is 84.9 Å². The Bertz CT molecular complexity index is 1340. The molecule has 0 radical (unpaired) electrons. The molecule has 5 nitrogen and oxygen atoms in total. The van der Waals surface area contributed by atoms with Gasteiger partial charge in [0.2, 0.25) is 0 Å². The van der Waals surface area contributed by atoms with E-state index in [1.165, 1.54) is 16.0 Å². The molecule has 0 aliphatic carbocycles. The number of rotatable bonds is 8. The van der Waals surface area contributed by atoms with Crippen LogP contribution < -0.4 is 0 Å². The van der Waals surface area contributed by atoms with Gasteiger partial charge < -0.3 is 4.90 Å². The highest BCUT2D eigenvalue weighted by atomic mass is 16.2. The van der Waals surface area contributed by atoms with Crippen LogP contribution in [-0.4, -0.2) is 65.8 Å². The highest BCUT2D eigenvalue weighted by Crippen LogP contribution is 2.31. The van der Waals surface area contributed by atoms with Crippen LogP contribution in [0.1, 0.15) is 50.7 Å². The lowest BCUT2D eigenvalue weighted by Crippen LogP contribution is -2.48. The third kappa shape index (κ3) is 4.75. The highest BCUT2D eigenvalue weighted by molar-refractivity contribution is 6.25. The standard InChI is InChI=1S/C33H33N3O2/c37-32-28-17-9-15-25-16-10-18-29(30(25)28)33(38)36(32)20-8-7-19-34-21-23-35(24-22-34)31(26-11-3-1-4-12-26)27-13-5-2-6-14-27/h1-6,9-18,31H,7-8,19-24H2. The van der Waals surface area contributed by atoms with Crippen molar-refractivity contribution in [1.29, 1.82) is 0 Å². The summed E-state index contributed by atoms with van der Waals surface area (Å²) in [6, 6.07) is 33.2. The molecule has 0 atom stereocenters. The molecule has 2 heterocycles. The zero-order valence-corrected chi connectivity index (χ0v) is 21.6. The Balaban J connectivity index is 1.03.